The fraction of sp³-hybridized carbons (Fsp3) is 0.611. The van der Waals surface area contributed by atoms with Crippen molar-refractivity contribution in [3.05, 3.63) is 12.2 Å². The number of nitrogen functional groups attached to an aromatic ring is 1. The number of ether oxygens (including phenoxy) is 1. The Labute approximate surface area is 162 Å². The van der Waals surface area contributed by atoms with E-state index in [2.05, 4.69) is 33.7 Å². The van der Waals surface area contributed by atoms with Crippen LogP contribution in [0.2, 0.25) is 0 Å². The smallest absolute Gasteiger partial charge is 0.208 e. The Balaban J connectivity index is 1.90. The van der Waals surface area contributed by atoms with Gasteiger partial charge in [-0.2, -0.15) is 11.8 Å². The topological polar surface area (TPSA) is 119 Å². The molecule has 3 rings (SSSR count). The van der Waals surface area contributed by atoms with Crippen molar-refractivity contribution in [2.75, 3.05) is 17.2 Å². The summed E-state index contributed by atoms with van der Waals surface area (Å²) in [6.07, 6.45) is 1.05. The molecular weight excluding hydrogens is 366 g/mol. The van der Waals surface area contributed by atoms with E-state index in [0.717, 1.165) is 25.0 Å². The molecule has 0 amide bonds. The number of imidazole rings is 1. The van der Waals surface area contributed by atoms with E-state index >= 15 is 0 Å². The maximum absolute atomic E-state index is 10.5. The Morgan fingerprint density at radius 1 is 1.30 bits per heavy atom. The first-order valence-corrected chi connectivity index (χ1v) is 10.3. The van der Waals surface area contributed by atoms with Gasteiger partial charge in [0.15, 0.2) is 17.7 Å². The van der Waals surface area contributed by atoms with Gasteiger partial charge in [0.1, 0.15) is 17.7 Å². The SMILES string of the molecule is CCCCC#Cc1nc(N)c2ncn([C@@H]3O[C@H](CSCC)[C@H](O)C3O)c2n1. The summed E-state index contributed by atoms with van der Waals surface area (Å²) in [6.45, 7) is 4.14. The zero-order valence-electron chi connectivity index (χ0n) is 15.5. The summed E-state index contributed by atoms with van der Waals surface area (Å²) in [4.78, 5) is 12.9. The van der Waals surface area contributed by atoms with Crippen LogP contribution in [0.3, 0.4) is 0 Å². The molecule has 0 aromatic carbocycles. The fourth-order valence-electron chi connectivity index (χ4n) is 2.92. The number of anilines is 1. The van der Waals surface area contributed by atoms with E-state index in [-0.39, 0.29) is 5.82 Å². The highest BCUT2D eigenvalue weighted by molar-refractivity contribution is 7.99. The molecule has 1 fully saturated rings. The Morgan fingerprint density at radius 2 is 2.11 bits per heavy atom. The number of hydrogen-bond donors (Lipinski definition) is 3. The van der Waals surface area contributed by atoms with Crippen molar-refractivity contribution in [2.45, 2.75) is 57.6 Å². The summed E-state index contributed by atoms with van der Waals surface area (Å²) in [5.74, 6) is 8.01. The van der Waals surface area contributed by atoms with Gasteiger partial charge in [-0.15, -0.1) is 0 Å². The number of aliphatic hydroxyl groups is 2. The van der Waals surface area contributed by atoms with Gasteiger partial charge in [0.05, 0.1) is 12.4 Å². The number of aliphatic hydroxyl groups excluding tert-OH is 2. The van der Waals surface area contributed by atoms with Crippen molar-refractivity contribution in [3.8, 4) is 11.8 Å². The average molecular weight is 391 g/mol. The number of thioether (sulfide) groups is 1. The molecular formula is C18H25N5O3S. The number of hydrogen-bond acceptors (Lipinski definition) is 8. The second-order valence-electron chi connectivity index (χ2n) is 6.37. The third kappa shape index (κ3) is 4.19. The number of aromatic nitrogens is 4. The van der Waals surface area contributed by atoms with Crippen molar-refractivity contribution in [3.63, 3.8) is 0 Å². The maximum Gasteiger partial charge on any atom is 0.208 e. The summed E-state index contributed by atoms with van der Waals surface area (Å²) >= 11 is 1.65. The van der Waals surface area contributed by atoms with Crippen LogP contribution in [0, 0.1) is 11.8 Å². The largest absolute Gasteiger partial charge is 0.387 e. The van der Waals surface area contributed by atoms with E-state index in [1.54, 1.807) is 16.3 Å². The van der Waals surface area contributed by atoms with Gasteiger partial charge in [-0.05, 0) is 18.1 Å². The van der Waals surface area contributed by atoms with Crippen LogP contribution in [-0.4, -0.2) is 59.5 Å². The van der Waals surface area contributed by atoms with Crippen molar-refractivity contribution in [1.29, 1.82) is 0 Å². The van der Waals surface area contributed by atoms with Crippen molar-refractivity contribution >= 4 is 28.7 Å². The Hall–Kier alpha value is -1.86. The van der Waals surface area contributed by atoms with Crippen LogP contribution in [0.15, 0.2) is 6.33 Å². The summed E-state index contributed by atoms with van der Waals surface area (Å²) in [5.41, 5.74) is 6.86. The van der Waals surface area contributed by atoms with E-state index in [1.807, 2.05) is 6.92 Å². The minimum atomic E-state index is -1.08. The first-order valence-electron chi connectivity index (χ1n) is 9.15. The molecule has 1 saturated heterocycles. The molecule has 27 heavy (non-hydrogen) atoms. The molecule has 4 atom stereocenters. The standard InChI is InChI=1S/C18H25N5O3S/c1-3-5-6-7-8-12-21-16(19)13-17(22-12)23(10-20-13)18-15(25)14(24)11(26-18)9-27-4-2/h10-11,14-15,18,24-25H,3-6,9H2,1-2H3,(H2,19,21,22)/t11-,14+,15?,18-/m1/s1. The van der Waals surface area contributed by atoms with Crippen LogP contribution in [-0.2, 0) is 4.74 Å². The number of fused-ring (bicyclic) bond motifs is 1. The zero-order valence-corrected chi connectivity index (χ0v) is 16.3. The fourth-order valence-corrected chi connectivity index (χ4v) is 3.66. The molecule has 1 aliphatic heterocycles. The van der Waals surface area contributed by atoms with Crippen LogP contribution in [0.5, 0.6) is 0 Å². The van der Waals surface area contributed by atoms with Gasteiger partial charge in [0.2, 0.25) is 5.82 Å². The monoisotopic (exact) mass is 391 g/mol. The molecule has 4 N–H and O–H groups in total. The summed E-state index contributed by atoms with van der Waals surface area (Å²) in [5, 5.41) is 20.8. The van der Waals surface area contributed by atoms with Crippen LogP contribution in [0.25, 0.3) is 11.2 Å². The number of rotatable bonds is 6. The maximum atomic E-state index is 10.5. The summed E-state index contributed by atoms with van der Waals surface area (Å²) in [7, 11) is 0. The van der Waals surface area contributed by atoms with Gasteiger partial charge in [0.25, 0.3) is 0 Å². The predicted molar refractivity (Wildman–Crippen MR) is 105 cm³/mol. The van der Waals surface area contributed by atoms with E-state index in [9.17, 15) is 10.2 Å². The molecule has 8 nitrogen and oxygen atoms in total. The molecule has 0 saturated carbocycles. The van der Waals surface area contributed by atoms with Crippen LogP contribution in [0.1, 0.15) is 45.2 Å². The van der Waals surface area contributed by atoms with Crippen molar-refractivity contribution in [1.82, 2.24) is 19.5 Å². The average Bonchev–Trinajstić information content (AvgIpc) is 3.19. The minimum Gasteiger partial charge on any atom is -0.387 e. The molecule has 2 aromatic rings. The quantitative estimate of drug-likeness (QED) is 0.498. The van der Waals surface area contributed by atoms with Gasteiger partial charge in [0, 0.05) is 12.2 Å². The van der Waals surface area contributed by atoms with E-state index in [0.29, 0.717) is 22.7 Å². The normalized spacial score (nSPS) is 24.9. The molecule has 0 bridgehead atoms. The first-order chi connectivity index (χ1) is 13.1. The van der Waals surface area contributed by atoms with Gasteiger partial charge in [-0.25, -0.2) is 15.0 Å². The van der Waals surface area contributed by atoms with Crippen LogP contribution < -0.4 is 5.73 Å². The number of nitrogens with zero attached hydrogens (tertiary/aromatic N) is 4. The van der Waals surface area contributed by atoms with E-state index in [1.165, 1.54) is 6.33 Å². The molecule has 9 heteroatoms. The second kappa shape index (κ2) is 8.89. The highest BCUT2D eigenvalue weighted by atomic mass is 32.2. The molecule has 1 aliphatic rings. The lowest BCUT2D eigenvalue weighted by Crippen LogP contribution is -2.32. The molecule has 0 spiro atoms. The zero-order chi connectivity index (χ0) is 19.4. The molecule has 1 unspecified atom stereocenters. The number of unbranched alkanes of at least 4 members (excludes halogenated alkanes) is 2. The van der Waals surface area contributed by atoms with E-state index in [4.69, 9.17) is 10.5 Å². The second-order valence-corrected chi connectivity index (χ2v) is 7.69. The van der Waals surface area contributed by atoms with E-state index < -0.39 is 24.5 Å². The lowest BCUT2D eigenvalue weighted by atomic mass is 10.1. The van der Waals surface area contributed by atoms with Crippen LogP contribution in [0.4, 0.5) is 5.82 Å². The highest BCUT2D eigenvalue weighted by Gasteiger charge is 2.44. The molecule has 3 heterocycles. The molecule has 2 aromatic heterocycles. The highest BCUT2D eigenvalue weighted by Crippen LogP contribution is 2.33. The van der Waals surface area contributed by atoms with Gasteiger partial charge in [-0.1, -0.05) is 26.2 Å². The molecule has 146 valence electrons. The summed E-state index contributed by atoms with van der Waals surface area (Å²) in [6, 6.07) is 0. The predicted octanol–water partition coefficient (Wildman–Crippen LogP) is 1.32. The van der Waals surface area contributed by atoms with Crippen molar-refractivity contribution in [2.24, 2.45) is 0 Å². The van der Waals surface area contributed by atoms with Gasteiger partial charge < -0.3 is 20.7 Å². The van der Waals surface area contributed by atoms with Gasteiger partial charge in [-0.3, -0.25) is 4.57 Å². The first kappa shape index (κ1) is 19.9. The third-order valence-corrected chi connectivity index (χ3v) is 5.37. The Kier molecular flexibility index (Phi) is 6.55. The lowest BCUT2D eigenvalue weighted by Gasteiger charge is -2.16. The summed E-state index contributed by atoms with van der Waals surface area (Å²) < 4.78 is 7.49. The Bertz CT molecular complexity index is 847. The molecule has 0 radical (unpaired) electrons. The third-order valence-electron chi connectivity index (χ3n) is 4.40. The lowest BCUT2D eigenvalue weighted by molar-refractivity contribution is -0.0289. The van der Waals surface area contributed by atoms with Gasteiger partial charge >= 0.3 is 0 Å². The minimum absolute atomic E-state index is 0.227. The molecule has 0 aliphatic carbocycles. The van der Waals surface area contributed by atoms with Crippen LogP contribution >= 0.6 is 11.8 Å². The van der Waals surface area contributed by atoms with Crippen molar-refractivity contribution < 1.29 is 14.9 Å². The number of nitrogens with two attached hydrogens (primary N) is 1. The Morgan fingerprint density at radius 3 is 2.85 bits per heavy atom.